The van der Waals surface area contributed by atoms with Gasteiger partial charge in [0.15, 0.2) is 15.1 Å². The maximum absolute atomic E-state index is 11.5. The fourth-order valence-corrected chi connectivity index (χ4v) is 2.81. The van der Waals surface area contributed by atoms with E-state index in [0.717, 1.165) is 0 Å². The first kappa shape index (κ1) is 13.4. The van der Waals surface area contributed by atoms with E-state index < -0.39 is 32.9 Å². The number of carboxylic acid groups (broad SMARTS) is 1. The van der Waals surface area contributed by atoms with Gasteiger partial charge in [-0.3, -0.25) is 4.79 Å². The summed E-state index contributed by atoms with van der Waals surface area (Å²) in [5.41, 5.74) is 0. The normalized spacial score (nSPS) is 14.3. The van der Waals surface area contributed by atoms with E-state index in [-0.39, 0.29) is 6.61 Å². The van der Waals surface area contributed by atoms with E-state index in [1.807, 2.05) is 0 Å². The standard InChI is InChI=1S/C8H16O5S/c1-4-13-5-14(11,12)7(6(2)3)8(9)10/h6-7H,4-5H2,1-3H3,(H,9,10). The third kappa shape index (κ3) is 3.63. The summed E-state index contributed by atoms with van der Waals surface area (Å²) in [4.78, 5) is 10.7. The molecular weight excluding hydrogens is 208 g/mol. The van der Waals surface area contributed by atoms with Gasteiger partial charge >= 0.3 is 5.97 Å². The molecule has 0 aromatic carbocycles. The zero-order valence-electron chi connectivity index (χ0n) is 8.56. The van der Waals surface area contributed by atoms with Crippen LogP contribution >= 0.6 is 0 Å². The summed E-state index contributed by atoms with van der Waals surface area (Å²) >= 11 is 0. The van der Waals surface area contributed by atoms with Crippen LogP contribution in [0.4, 0.5) is 0 Å². The number of rotatable bonds is 6. The molecule has 0 aliphatic heterocycles. The van der Waals surface area contributed by atoms with Gasteiger partial charge in [0.1, 0.15) is 5.94 Å². The van der Waals surface area contributed by atoms with E-state index in [9.17, 15) is 13.2 Å². The zero-order chi connectivity index (χ0) is 11.4. The van der Waals surface area contributed by atoms with Gasteiger partial charge in [0, 0.05) is 6.61 Å². The summed E-state index contributed by atoms with van der Waals surface area (Å²) < 4.78 is 27.7. The molecule has 1 atom stereocenters. The lowest BCUT2D eigenvalue weighted by Crippen LogP contribution is -2.37. The second kappa shape index (κ2) is 5.31. The van der Waals surface area contributed by atoms with E-state index in [2.05, 4.69) is 0 Å². The van der Waals surface area contributed by atoms with Crippen molar-refractivity contribution in [3.8, 4) is 0 Å². The number of sulfone groups is 1. The highest BCUT2D eigenvalue weighted by Gasteiger charge is 2.35. The fourth-order valence-electron chi connectivity index (χ4n) is 1.13. The van der Waals surface area contributed by atoms with Crippen molar-refractivity contribution in [2.45, 2.75) is 26.0 Å². The largest absolute Gasteiger partial charge is 0.480 e. The van der Waals surface area contributed by atoms with E-state index in [4.69, 9.17) is 9.84 Å². The molecule has 14 heavy (non-hydrogen) atoms. The zero-order valence-corrected chi connectivity index (χ0v) is 9.37. The van der Waals surface area contributed by atoms with Gasteiger partial charge in [-0.25, -0.2) is 8.42 Å². The molecule has 5 nitrogen and oxygen atoms in total. The smallest absolute Gasteiger partial charge is 0.322 e. The first-order chi connectivity index (χ1) is 6.33. The molecule has 0 saturated carbocycles. The molecule has 0 aromatic rings. The third-order valence-corrected chi connectivity index (χ3v) is 3.70. The van der Waals surface area contributed by atoms with Crippen LogP contribution in [0.25, 0.3) is 0 Å². The fraction of sp³-hybridized carbons (Fsp3) is 0.875. The van der Waals surface area contributed by atoms with Crippen molar-refractivity contribution < 1.29 is 23.1 Å². The van der Waals surface area contributed by atoms with E-state index in [0.29, 0.717) is 0 Å². The SMILES string of the molecule is CCOCS(=O)(=O)C(C(=O)O)C(C)C. The number of hydrogen-bond donors (Lipinski definition) is 1. The van der Waals surface area contributed by atoms with Gasteiger partial charge in [0.05, 0.1) is 0 Å². The molecule has 0 aliphatic carbocycles. The van der Waals surface area contributed by atoms with Gasteiger partial charge in [-0.05, 0) is 12.8 Å². The van der Waals surface area contributed by atoms with Crippen molar-refractivity contribution in [2.24, 2.45) is 5.92 Å². The number of aliphatic carboxylic acids is 1. The highest BCUT2D eigenvalue weighted by Crippen LogP contribution is 2.13. The average Bonchev–Trinajstić information content (AvgIpc) is 1.98. The first-order valence-corrected chi connectivity index (χ1v) is 6.06. The highest BCUT2D eigenvalue weighted by atomic mass is 32.2. The Labute approximate surface area is 84.0 Å². The molecule has 84 valence electrons. The Morgan fingerprint density at radius 1 is 1.43 bits per heavy atom. The Kier molecular flexibility index (Phi) is 5.07. The maximum Gasteiger partial charge on any atom is 0.322 e. The van der Waals surface area contributed by atoms with Gasteiger partial charge in [-0.2, -0.15) is 0 Å². The summed E-state index contributed by atoms with van der Waals surface area (Å²) in [5, 5.41) is 7.36. The predicted octanol–water partition coefficient (Wildman–Crippen LogP) is 0.504. The van der Waals surface area contributed by atoms with Crippen LogP contribution in [0.5, 0.6) is 0 Å². The molecule has 0 aliphatic rings. The van der Waals surface area contributed by atoms with E-state index in [1.54, 1.807) is 20.8 Å². The lowest BCUT2D eigenvalue weighted by molar-refractivity contribution is -0.137. The minimum absolute atomic E-state index is 0.254. The second-order valence-electron chi connectivity index (χ2n) is 3.28. The van der Waals surface area contributed by atoms with Crippen LogP contribution in [-0.4, -0.2) is 37.3 Å². The monoisotopic (exact) mass is 224 g/mol. The van der Waals surface area contributed by atoms with Crippen molar-refractivity contribution in [2.75, 3.05) is 12.5 Å². The minimum Gasteiger partial charge on any atom is -0.480 e. The number of carbonyl (C=O) groups is 1. The second-order valence-corrected chi connectivity index (χ2v) is 5.35. The topological polar surface area (TPSA) is 80.7 Å². The molecule has 0 aromatic heterocycles. The summed E-state index contributed by atoms with van der Waals surface area (Å²) in [6.45, 7) is 5.02. The summed E-state index contributed by atoms with van der Waals surface area (Å²) in [5.74, 6) is -2.31. The Bertz CT molecular complexity index is 280. The molecule has 1 N–H and O–H groups in total. The lowest BCUT2D eigenvalue weighted by atomic mass is 10.1. The van der Waals surface area contributed by atoms with Gasteiger partial charge in [-0.1, -0.05) is 13.8 Å². The van der Waals surface area contributed by atoms with Crippen LogP contribution in [0, 0.1) is 5.92 Å². The highest BCUT2D eigenvalue weighted by molar-refractivity contribution is 7.92. The molecule has 6 heteroatoms. The van der Waals surface area contributed by atoms with Gasteiger partial charge < -0.3 is 9.84 Å². The molecule has 0 amide bonds. The van der Waals surface area contributed by atoms with Crippen molar-refractivity contribution in [3.05, 3.63) is 0 Å². The van der Waals surface area contributed by atoms with Gasteiger partial charge in [-0.15, -0.1) is 0 Å². The van der Waals surface area contributed by atoms with Gasteiger partial charge in [0.2, 0.25) is 0 Å². The molecular formula is C8H16O5S. The number of ether oxygens (including phenoxy) is 1. The quantitative estimate of drug-likeness (QED) is 0.710. The molecule has 0 spiro atoms. The van der Waals surface area contributed by atoms with Crippen molar-refractivity contribution in [1.29, 1.82) is 0 Å². The average molecular weight is 224 g/mol. The van der Waals surface area contributed by atoms with Crippen molar-refractivity contribution in [3.63, 3.8) is 0 Å². The van der Waals surface area contributed by atoms with Crippen LogP contribution in [-0.2, 0) is 19.4 Å². The molecule has 0 bridgehead atoms. The molecule has 1 unspecified atom stereocenters. The molecule has 0 heterocycles. The summed E-state index contributed by atoms with van der Waals surface area (Å²) in [7, 11) is -3.70. The number of carboxylic acids is 1. The Morgan fingerprint density at radius 3 is 2.21 bits per heavy atom. The summed E-state index contributed by atoms with van der Waals surface area (Å²) in [6.07, 6.45) is 0. The van der Waals surface area contributed by atoms with Crippen molar-refractivity contribution in [1.82, 2.24) is 0 Å². The van der Waals surface area contributed by atoms with E-state index >= 15 is 0 Å². The van der Waals surface area contributed by atoms with Crippen LogP contribution in [0.15, 0.2) is 0 Å². The Morgan fingerprint density at radius 2 is 1.93 bits per heavy atom. The van der Waals surface area contributed by atoms with Crippen LogP contribution in [0.2, 0.25) is 0 Å². The molecule has 0 radical (unpaired) electrons. The Balaban J connectivity index is 4.74. The third-order valence-electron chi connectivity index (χ3n) is 1.69. The first-order valence-electron chi connectivity index (χ1n) is 4.35. The van der Waals surface area contributed by atoms with Gasteiger partial charge in [0.25, 0.3) is 0 Å². The van der Waals surface area contributed by atoms with Crippen LogP contribution in [0.3, 0.4) is 0 Å². The van der Waals surface area contributed by atoms with Crippen LogP contribution in [0.1, 0.15) is 20.8 Å². The Hall–Kier alpha value is -0.620. The number of hydrogen-bond acceptors (Lipinski definition) is 4. The van der Waals surface area contributed by atoms with Crippen LogP contribution < -0.4 is 0 Å². The predicted molar refractivity (Wildman–Crippen MR) is 51.7 cm³/mol. The lowest BCUT2D eigenvalue weighted by Gasteiger charge is -2.16. The maximum atomic E-state index is 11.5. The van der Waals surface area contributed by atoms with Crippen molar-refractivity contribution >= 4 is 15.8 Å². The van der Waals surface area contributed by atoms with E-state index in [1.165, 1.54) is 0 Å². The minimum atomic E-state index is -3.70. The summed E-state index contributed by atoms with van der Waals surface area (Å²) in [6, 6.07) is 0. The molecule has 0 rings (SSSR count). The molecule has 0 fully saturated rings. The molecule has 0 saturated heterocycles.